The summed E-state index contributed by atoms with van der Waals surface area (Å²) in [5.41, 5.74) is 6.75. The van der Waals surface area contributed by atoms with Crippen LogP contribution in [0.3, 0.4) is 0 Å². The second-order valence-corrected chi connectivity index (χ2v) is 4.64. The minimum absolute atomic E-state index is 0.227. The summed E-state index contributed by atoms with van der Waals surface area (Å²) in [6.45, 7) is 2.32. The number of carbonyl (C=O) groups is 1. The van der Waals surface area contributed by atoms with Gasteiger partial charge in [-0.05, 0) is 30.7 Å². The molecule has 1 rings (SSSR count). The summed E-state index contributed by atoms with van der Waals surface area (Å²) in [6, 6.07) is 10.3. The summed E-state index contributed by atoms with van der Waals surface area (Å²) < 4.78 is 0. The Kier molecular flexibility index (Phi) is 5.70. The van der Waals surface area contributed by atoms with Gasteiger partial charge in [0.1, 0.15) is 0 Å². The Hall–Kier alpha value is -1.35. The molecule has 0 radical (unpaired) electrons. The average molecular weight is 235 g/mol. The molecule has 0 saturated heterocycles. The van der Waals surface area contributed by atoms with E-state index >= 15 is 0 Å². The van der Waals surface area contributed by atoms with Gasteiger partial charge in [-0.15, -0.1) is 0 Å². The first-order valence-corrected chi connectivity index (χ1v) is 6.10. The molecule has 0 saturated carbocycles. The lowest BCUT2D eigenvalue weighted by Crippen LogP contribution is -2.25. The number of aryl methyl sites for hydroxylation is 1. The first-order chi connectivity index (χ1) is 8.13. The molecule has 0 amide bonds. The molecule has 0 bridgehead atoms. The molecule has 0 aromatic heterocycles. The molecule has 0 heterocycles. The van der Waals surface area contributed by atoms with Crippen LogP contribution in [0.25, 0.3) is 0 Å². The second kappa shape index (κ2) is 7.07. The predicted molar refractivity (Wildman–Crippen MR) is 68.7 cm³/mol. The van der Waals surface area contributed by atoms with Crippen molar-refractivity contribution in [3.8, 4) is 0 Å². The summed E-state index contributed by atoms with van der Waals surface area (Å²) in [7, 11) is 0. The molecule has 0 spiro atoms. The van der Waals surface area contributed by atoms with Crippen molar-refractivity contribution < 1.29 is 9.90 Å². The largest absolute Gasteiger partial charge is 0.481 e. The van der Waals surface area contributed by atoms with Gasteiger partial charge in [-0.25, -0.2) is 0 Å². The van der Waals surface area contributed by atoms with E-state index in [0.29, 0.717) is 12.3 Å². The Bertz CT molecular complexity index is 337. The number of hydrogen-bond acceptors (Lipinski definition) is 2. The van der Waals surface area contributed by atoms with Crippen LogP contribution in [-0.2, 0) is 11.2 Å². The van der Waals surface area contributed by atoms with Crippen LogP contribution in [-0.4, -0.2) is 17.6 Å². The van der Waals surface area contributed by atoms with Gasteiger partial charge >= 0.3 is 5.97 Å². The standard InChI is InChI=1S/C14H21NO2/c1-11(9-13(10-15)14(16)17)7-8-12-5-3-2-4-6-12/h2-6,11,13H,7-10,15H2,1H3,(H,16,17)/t11-,13-/m1/s1. The van der Waals surface area contributed by atoms with Crippen molar-refractivity contribution in [1.29, 1.82) is 0 Å². The topological polar surface area (TPSA) is 63.3 Å². The highest BCUT2D eigenvalue weighted by Crippen LogP contribution is 2.17. The molecule has 0 aliphatic carbocycles. The normalized spacial score (nSPS) is 14.2. The zero-order chi connectivity index (χ0) is 12.7. The fourth-order valence-electron chi connectivity index (χ4n) is 1.96. The third kappa shape index (κ3) is 5.00. The van der Waals surface area contributed by atoms with E-state index < -0.39 is 11.9 Å². The Morgan fingerprint density at radius 2 is 2.00 bits per heavy atom. The molecule has 1 aromatic carbocycles. The molecule has 0 unspecified atom stereocenters. The van der Waals surface area contributed by atoms with Gasteiger partial charge in [0.25, 0.3) is 0 Å². The van der Waals surface area contributed by atoms with E-state index in [0.717, 1.165) is 12.8 Å². The molecule has 17 heavy (non-hydrogen) atoms. The van der Waals surface area contributed by atoms with Crippen LogP contribution in [0.4, 0.5) is 0 Å². The second-order valence-electron chi connectivity index (χ2n) is 4.64. The van der Waals surface area contributed by atoms with Crippen molar-refractivity contribution in [3.63, 3.8) is 0 Å². The molecule has 1 aromatic rings. The maximum Gasteiger partial charge on any atom is 0.307 e. The molecular formula is C14H21NO2. The minimum atomic E-state index is -0.779. The Morgan fingerprint density at radius 1 is 1.35 bits per heavy atom. The van der Waals surface area contributed by atoms with E-state index in [4.69, 9.17) is 10.8 Å². The molecule has 94 valence electrons. The van der Waals surface area contributed by atoms with Crippen LogP contribution < -0.4 is 5.73 Å². The summed E-state index contributed by atoms with van der Waals surface area (Å²) in [4.78, 5) is 10.9. The Labute approximate surface area is 103 Å². The number of nitrogens with two attached hydrogens (primary N) is 1. The SMILES string of the molecule is C[C@H](CCc1ccccc1)C[C@H](CN)C(=O)O. The first-order valence-electron chi connectivity index (χ1n) is 6.10. The summed E-state index contributed by atoms with van der Waals surface area (Å²) in [5, 5.41) is 8.93. The zero-order valence-electron chi connectivity index (χ0n) is 10.3. The molecule has 2 atom stereocenters. The van der Waals surface area contributed by atoms with E-state index in [2.05, 4.69) is 19.1 Å². The van der Waals surface area contributed by atoms with E-state index in [9.17, 15) is 4.79 Å². The van der Waals surface area contributed by atoms with E-state index in [-0.39, 0.29) is 6.54 Å². The van der Waals surface area contributed by atoms with Crippen molar-refractivity contribution in [2.45, 2.75) is 26.2 Å². The van der Waals surface area contributed by atoms with Crippen LogP contribution in [0, 0.1) is 11.8 Å². The smallest absolute Gasteiger partial charge is 0.307 e. The number of rotatable bonds is 7. The van der Waals surface area contributed by atoms with Crippen LogP contribution in [0.5, 0.6) is 0 Å². The van der Waals surface area contributed by atoms with Gasteiger partial charge in [0, 0.05) is 6.54 Å². The van der Waals surface area contributed by atoms with Crippen LogP contribution in [0.15, 0.2) is 30.3 Å². The average Bonchev–Trinajstić information content (AvgIpc) is 2.34. The third-order valence-corrected chi connectivity index (χ3v) is 3.09. The molecule has 3 N–H and O–H groups in total. The number of hydrogen-bond donors (Lipinski definition) is 2. The van der Waals surface area contributed by atoms with Crippen molar-refractivity contribution in [2.24, 2.45) is 17.6 Å². The number of aliphatic carboxylic acids is 1. The van der Waals surface area contributed by atoms with Gasteiger partial charge in [0.05, 0.1) is 5.92 Å². The van der Waals surface area contributed by atoms with Gasteiger partial charge in [0.2, 0.25) is 0 Å². The maximum atomic E-state index is 10.9. The lowest BCUT2D eigenvalue weighted by Gasteiger charge is -2.16. The summed E-state index contributed by atoms with van der Waals surface area (Å²) in [6.07, 6.45) is 2.67. The monoisotopic (exact) mass is 235 g/mol. The van der Waals surface area contributed by atoms with Gasteiger partial charge in [-0.2, -0.15) is 0 Å². The van der Waals surface area contributed by atoms with Crippen LogP contribution >= 0.6 is 0 Å². The molecule has 3 nitrogen and oxygen atoms in total. The maximum absolute atomic E-state index is 10.9. The minimum Gasteiger partial charge on any atom is -0.481 e. The predicted octanol–water partition coefficient (Wildman–Crippen LogP) is 2.30. The van der Waals surface area contributed by atoms with Crippen molar-refractivity contribution in [1.82, 2.24) is 0 Å². The Morgan fingerprint density at radius 3 is 2.53 bits per heavy atom. The van der Waals surface area contributed by atoms with Gasteiger partial charge < -0.3 is 10.8 Å². The van der Waals surface area contributed by atoms with E-state index in [1.807, 2.05) is 18.2 Å². The van der Waals surface area contributed by atoms with Crippen LogP contribution in [0.1, 0.15) is 25.3 Å². The molecule has 0 aliphatic rings. The fraction of sp³-hybridized carbons (Fsp3) is 0.500. The molecular weight excluding hydrogens is 214 g/mol. The summed E-state index contributed by atoms with van der Waals surface area (Å²) >= 11 is 0. The van der Waals surface area contributed by atoms with Gasteiger partial charge in [-0.1, -0.05) is 37.3 Å². The highest BCUT2D eigenvalue weighted by molar-refractivity contribution is 5.70. The third-order valence-electron chi connectivity index (χ3n) is 3.09. The van der Waals surface area contributed by atoms with Crippen LogP contribution in [0.2, 0.25) is 0 Å². The van der Waals surface area contributed by atoms with Gasteiger partial charge in [0.15, 0.2) is 0 Å². The first kappa shape index (κ1) is 13.7. The number of benzene rings is 1. The van der Waals surface area contributed by atoms with Gasteiger partial charge in [-0.3, -0.25) is 4.79 Å². The van der Waals surface area contributed by atoms with Crippen molar-refractivity contribution in [3.05, 3.63) is 35.9 Å². The van der Waals surface area contributed by atoms with E-state index in [1.54, 1.807) is 0 Å². The molecule has 0 fully saturated rings. The van der Waals surface area contributed by atoms with Crippen molar-refractivity contribution >= 4 is 5.97 Å². The van der Waals surface area contributed by atoms with Crippen molar-refractivity contribution in [2.75, 3.05) is 6.54 Å². The molecule has 0 aliphatic heterocycles. The lowest BCUT2D eigenvalue weighted by atomic mass is 9.91. The highest BCUT2D eigenvalue weighted by atomic mass is 16.4. The quantitative estimate of drug-likeness (QED) is 0.762. The zero-order valence-corrected chi connectivity index (χ0v) is 10.3. The molecule has 3 heteroatoms. The van der Waals surface area contributed by atoms with E-state index in [1.165, 1.54) is 5.56 Å². The number of carboxylic acids is 1. The summed E-state index contributed by atoms with van der Waals surface area (Å²) in [5.74, 6) is -0.792. The lowest BCUT2D eigenvalue weighted by molar-refractivity contribution is -0.141. The fourth-order valence-corrected chi connectivity index (χ4v) is 1.96. The Balaban J connectivity index is 2.34. The number of carboxylic acid groups (broad SMARTS) is 1. The highest BCUT2D eigenvalue weighted by Gasteiger charge is 2.18.